The van der Waals surface area contributed by atoms with Gasteiger partial charge in [-0.05, 0) is 30.5 Å². The number of carboxylic acids is 1. The Morgan fingerprint density at radius 1 is 1.15 bits per heavy atom. The lowest BCUT2D eigenvalue weighted by Gasteiger charge is -2.16. The average Bonchev–Trinajstić information content (AvgIpc) is 2.67. The molecular weight excluding hydrogens is 254 g/mol. The van der Waals surface area contributed by atoms with Gasteiger partial charge in [0.25, 0.3) is 0 Å². The lowest BCUT2D eigenvalue weighted by atomic mass is 10.1. The molecule has 1 aliphatic carbocycles. The highest BCUT2D eigenvalue weighted by Crippen LogP contribution is 2.17. The minimum absolute atomic E-state index is 0.0144. The van der Waals surface area contributed by atoms with Crippen LogP contribution in [-0.2, 0) is 11.2 Å². The Labute approximate surface area is 119 Å². The number of hydrogen-bond acceptors (Lipinski definition) is 2. The molecule has 0 heterocycles. The summed E-state index contributed by atoms with van der Waals surface area (Å²) in [4.78, 5) is 22.9. The van der Waals surface area contributed by atoms with Crippen molar-refractivity contribution in [3.05, 3.63) is 35.4 Å². The van der Waals surface area contributed by atoms with Crippen LogP contribution >= 0.6 is 0 Å². The average molecular weight is 275 g/mol. The number of rotatable bonds is 4. The molecule has 0 atom stereocenters. The molecular formula is C16H21NO3. The second kappa shape index (κ2) is 7.08. The maximum atomic E-state index is 12.0. The van der Waals surface area contributed by atoms with Crippen LogP contribution in [0.3, 0.4) is 0 Å². The summed E-state index contributed by atoms with van der Waals surface area (Å²) in [5.41, 5.74) is 0.973. The highest BCUT2D eigenvalue weighted by atomic mass is 16.4. The van der Waals surface area contributed by atoms with E-state index < -0.39 is 5.97 Å². The topological polar surface area (TPSA) is 66.4 Å². The number of amides is 1. The fourth-order valence-electron chi connectivity index (χ4n) is 2.70. The normalized spacial score (nSPS) is 16.4. The van der Waals surface area contributed by atoms with Crippen LogP contribution in [-0.4, -0.2) is 23.0 Å². The molecule has 0 spiro atoms. The van der Waals surface area contributed by atoms with Gasteiger partial charge in [-0.25, -0.2) is 4.79 Å². The Balaban J connectivity index is 1.90. The molecule has 4 heteroatoms. The van der Waals surface area contributed by atoms with Crippen LogP contribution in [0, 0.1) is 0 Å². The van der Waals surface area contributed by atoms with Crippen LogP contribution in [0.4, 0.5) is 0 Å². The van der Waals surface area contributed by atoms with Crippen molar-refractivity contribution >= 4 is 11.9 Å². The molecule has 20 heavy (non-hydrogen) atoms. The van der Waals surface area contributed by atoms with Gasteiger partial charge in [-0.2, -0.15) is 0 Å². The van der Waals surface area contributed by atoms with E-state index in [1.807, 2.05) is 0 Å². The molecule has 1 saturated carbocycles. The molecule has 1 aromatic rings. The van der Waals surface area contributed by atoms with E-state index in [4.69, 9.17) is 5.11 Å². The van der Waals surface area contributed by atoms with Gasteiger partial charge in [-0.15, -0.1) is 0 Å². The van der Waals surface area contributed by atoms with Crippen molar-refractivity contribution in [1.82, 2.24) is 5.32 Å². The van der Waals surface area contributed by atoms with Crippen molar-refractivity contribution in [3.8, 4) is 0 Å². The molecule has 2 rings (SSSR count). The van der Waals surface area contributed by atoms with Gasteiger partial charge in [-0.3, -0.25) is 4.79 Å². The molecule has 0 bridgehead atoms. The predicted molar refractivity (Wildman–Crippen MR) is 76.7 cm³/mol. The molecule has 1 fully saturated rings. The van der Waals surface area contributed by atoms with Crippen LogP contribution in [0.15, 0.2) is 24.3 Å². The number of benzene rings is 1. The lowest BCUT2D eigenvalue weighted by Crippen LogP contribution is -2.35. The summed E-state index contributed by atoms with van der Waals surface area (Å²) in [6, 6.07) is 6.86. The molecule has 1 aromatic carbocycles. The van der Waals surface area contributed by atoms with Gasteiger partial charge >= 0.3 is 5.97 Å². The predicted octanol–water partition coefficient (Wildman–Crippen LogP) is 2.77. The zero-order valence-electron chi connectivity index (χ0n) is 11.6. The molecule has 4 nitrogen and oxygen atoms in total. The van der Waals surface area contributed by atoms with Gasteiger partial charge in [0.2, 0.25) is 5.91 Å². The Kier molecular flexibility index (Phi) is 5.16. The third kappa shape index (κ3) is 4.37. The third-order valence-electron chi connectivity index (χ3n) is 3.76. The van der Waals surface area contributed by atoms with Gasteiger partial charge in [0, 0.05) is 6.04 Å². The van der Waals surface area contributed by atoms with E-state index in [-0.39, 0.29) is 23.9 Å². The van der Waals surface area contributed by atoms with E-state index in [1.165, 1.54) is 31.7 Å². The number of carbonyl (C=O) groups is 2. The summed E-state index contributed by atoms with van der Waals surface area (Å²) < 4.78 is 0. The van der Waals surface area contributed by atoms with E-state index in [0.29, 0.717) is 0 Å². The summed E-state index contributed by atoms with van der Waals surface area (Å²) in [6.07, 6.45) is 7.23. The molecule has 0 unspecified atom stereocenters. The number of carboxylic acid groups (broad SMARTS) is 1. The quantitative estimate of drug-likeness (QED) is 0.830. The van der Waals surface area contributed by atoms with Gasteiger partial charge in [0.05, 0.1) is 12.0 Å². The third-order valence-corrected chi connectivity index (χ3v) is 3.76. The first-order valence-corrected chi connectivity index (χ1v) is 7.27. The lowest BCUT2D eigenvalue weighted by molar-refractivity contribution is -0.121. The SMILES string of the molecule is O=C(Cc1cccc(C(=O)O)c1)NC1CCCCCC1. The summed E-state index contributed by atoms with van der Waals surface area (Å²) in [5.74, 6) is -0.976. The van der Waals surface area contributed by atoms with Crippen molar-refractivity contribution in [1.29, 1.82) is 0 Å². The van der Waals surface area contributed by atoms with Crippen LogP contribution in [0.1, 0.15) is 54.4 Å². The van der Waals surface area contributed by atoms with Crippen LogP contribution < -0.4 is 5.32 Å². The first-order chi connectivity index (χ1) is 9.65. The van der Waals surface area contributed by atoms with Gasteiger partial charge in [-0.1, -0.05) is 37.8 Å². The summed E-state index contributed by atoms with van der Waals surface area (Å²) in [6.45, 7) is 0. The highest BCUT2D eigenvalue weighted by Gasteiger charge is 2.15. The van der Waals surface area contributed by atoms with Gasteiger partial charge < -0.3 is 10.4 Å². The second-order valence-corrected chi connectivity index (χ2v) is 5.44. The first-order valence-electron chi connectivity index (χ1n) is 7.27. The van der Waals surface area contributed by atoms with Crippen molar-refractivity contribution in [2.45, 2.75) is 51.0 Å². The molecule has 1 aliphatic rings. The molecule has 0 saturated heterocycles. The Morgan fingerprint density at radius 3 is 2.50 bits per heavy atom. The van der Waals surface area contributed by atoms with Gasteiger partial charge in [0.1, 0.15) is 0 Å². The minimum Gasteiger partial charge on any atom is -0.478 e. The standard InChI is InChI=1S/C16H21NO3/c18-15(17-14-8-3-1-2-4-9-14)11-12-6-5-7-13(10-12)16(19)20/h5-7,10,14H,1-4,8-9,11H2,(H,17,18)(H,19,20). The van der Waals surface area contributed by atoms with Crippen LogP contribution in [0.25, 0.3) is 0 Å². The van der Waals surface area contributed by atoms with Crippen LogP contribution in [0.5, 0.6) is 0 Å². The number of hydrogen-bond donors (Lipinski definition) is 2. The minimum atomic E-state index is -0.962. The van der Waals surface area contributed by atoms with Crippen molar-refractivity contribution in [2.75, 3.05) is 0 Å². The molecule has 108 valence electrons. The zero-order chi connectivity index (χ0) is 14.4. The fourth-order valence-corrected chi connectivity index (χ4v) is 2.70. The van der Waals surface area contributed by atoms with E-state index in [1.54, 1.807) is 18.2 Å². The molecule has 2 N–H and O–H groups in total. The smallest absolute Gasteiger partial charge is 0.335 e. The second-order valence-electron chi connectivity index (χ2n) is 5.44. The van der Waals surface area contributed by atoms with E-state index in [0.717, 1.165) is 18.4 Å². The maximum Gasteiger partial charge on any atom is 0.335 e. The Hall–Kier alpha value is -1.84. The zero-order valence-corrected chi connectivity index (χ0v) is 11.6. The van der Waals surface area contributed by atoms with Gasteiger partial charge in [0.15, 0.2) is 0 Å². The summed E-state index contributed by atoms with van der Waals surface area (Å²) in [7, 11) is 0. The highest BCUT2D eigenvalue weighted by molar-refractivity contribution is 5.88. The van der Waals surface area contributed by atoms with E-state index in [9.17, 15) is 9.59 Å². The number of nitrogens with one attached hydrogen (secondary N) is 1. The molecule has 0 radical (unpaired) electrons. The van der Waals surface area contributed by atoms with Crippen LogP contribution in [0.2, 0.25) is 0 Å². The molecule has 1 amide bonds. The maximum absolute atomic E-state index is 12.0. The first kappa shape index (κ1) is 14.6. The number of carbonyl (C=O) groups excluding carboxylic acids is 1. The summed E-state index contributed by atoms with van der Waals surface area (Å²) >= 11 is 0. The van der Waals surface area contributed by atoms with Crippen molar-refractivity contribution in [2.24, 2.45) is 0 Å². The van der Waals surface area contributed by atoms with E-state index in [2.05, 4.69) is 5.32 Å². The van der Waals surface area contributed by atoms with Crippen molar-refractivity contribution < 1.29 is 14.7 Å². The molecule has 0 aromatic heterocycles. The fraction of sp³-hybridized carbons (Fsp3) is 0.500. The van der Waals surface area contributed by atoms with Crippen molar-refractivity contribution in [3.63, 3.8) is 0 Å². The Morgan fingerprint density at radius 2 is 1.85 bits per heavy atom. The largest absolute Gasteiger partial charge is 0.478 e. The monoisotopic (exact) mass is 275 g/mol. The molecule has 0 aliphatic heterocycles. The van der Waals surface area contributed by atoms with E-state index >= 15 is 0 Å². The number of aromatic carboxylic acids is 1. The summed E-state index contributed by atoms with van der Waals surface area (Å²) in [5, 5.41) is 12.0. The Bertz CT molecular complexity index is 476.